The summed E-state index contributed by atoms with van der Waals surface area (Å²) in [6.07, 6.45) is 4.66. The van der Waals surface area contributed by atoms with Crippen LogP contribution < -0.4 is 0 Å². The third kappa shape index (κ3) is 12.6. The Kier molecular flexibility index (Phi) is 14.9. The Bertz CT molecular complexity index is 222. The first-order valence-electron chi connectivity index (χ1n) is 6.53. The van der Waals surface area contributed by atoms with Crippen LogP contribution >= 0.6 is 17.1 Å². The summed E-state index contributed by atoms with van der Waals surface area (Å²) in [5.74, 6) is 2.00. The minimum absolute atomic E-state index is 0. The van der Waals surface area contributed by atoms with Crippen LogP contribution in [0.5, 0.6) is 0 Å². The molecule has 106 valence electrons. The van der Waals surface area contributed by atoms with Gasteiger partial charge >= 0.3 is 0 Å². The predicted molar refractivity (Wildman–Crippen MR) is 83.1 cm³/mol. The van der Waals surface area contributed by atoms with Crippen molar-refractivity contribution in [3.05, 3.63) is 0 Å². The molecule has 0 bridgehead atoms. The second-order valence-corrected chi connectivity index (χ2v) is 11.1. The van der Waals surface area contributed by atoms with Crippen molar-refractivity contribution in [3.8, 4) is 0 Å². The molecule has 0 radical (unpaired) electrons. The predicted octanol–water partition coefficient (Wildman–Crippen LogP) is 4.82. The third-order valence-electron chi connectivity index (χ3n) is 2.61. The Morgan fingerprint density at radius 3 is 2.17 bits per heavy atom. The Labute approximate surface area is 135 Å². The second-order valence-electron chi connectivity index (χ2n) is 4.85. The van der Waals surface area contributed by atoms with Gasteiger partial charge in [-0.2, -0.15) is 0 Å². The number of rotatable bonds is 10. The van der Waals surface area contributed by atoms with Crippen molar-refractivity contribution in [1.82, 2.24) is 0 Å². The van der Waals surface area contributed by atoms with Gasteiger partial charge in [0, 0.05) is 25.2 Å². The maximum absolute atomic E-state index is 10.0. The molecule has 0 rings (SSSR count). The van der Waals surface area contributed by atoms with E-state index >= 15 is 0 Å². The van der Waals surface area contributed by atoms with Gasteiger partial charge in [0.25, 0.3) is 0 Å². The summed E-state index contributed by atoms with van der Waals surface area (Å²) in [6, 6.07) is 0. The Balaban J connectivity index is 0. The molecule has 2 nitrogen and oxygen atoms in total. The molecule has 0 aromatic rings. The topological polar surface area (TPSA) is 29.5 Å². The molecule has 0 aliphatic carbocycles. The molecule has 3 atom stereocenters. The fourth-order valence-corrected chi connectivity index (χ4v) is 5.22. The van der Waals surface area contributed by atoms with Crippen LogP contribution in [0, 0.1) is 11.8 Å². The van der Waals surface area contributed by atoms with Crippen molar-refractivity contribution < 1.29 is 28.9 Å². The molecule has 0 aromatic carbocycles. The van der Waals surface area contributed by atoms with Gasteiger partial charge in [0.15, 0.2) is 0 Å². The second kappa shape index (κ2) is 12.3. The normalized spacial score (nSPS) is 17.6. The maximum Gasteiger partial charge on any atom is 0.244 e. The molecule has 3 unspecified atom stereocenters. The average Bonchev–Trinajstić information content (AvgIpc) is 2.25. The van der Waals surface area contributed by atoms with Crippen LogP contribution in [-0.2, 0) is 35.8 Å². The zero-order valence-corrected chi connectivity index (χ0v) is 17.7. The van der Waals surface area contributed by atoms with Gasteiger partial charge in [-0.3, -0.25) is 0 Å². The molecular weight excluding hydrogens is 337 g/mol. The smallest absolute Gasteiger partial charge is 0.244 e. The van der Waals surface area contributed by atoms with E-state index in [0.29, 0.717) is 18.4 Å². The fraction of sp³-hybridized carbons (Fsp3) is 1.00. The minimum atomic E-state index is -2.60. The molecular formula is C12H27O2PS2Zn. The summed E-state index contributed by atoms with van der Waals surface area (Å²) in [6.45, 7) is 9.28. The van der Waals surface area contributed by atoms with Gasteiger partial charge in [0.2, 0.25) is 5.69 Å². The molecule has 18 heavy (non-hydrogen) atoms. The SMILES string of the molecule is CCCC(C)COP(O)(=S)SCC(C)CCC.[Zn]. The van der Waals surface area contributed by atoms with Crippen molar-refractivity contribution >= 4 is 28.9 Å². The zero-order valence-electron chi connectivity index (χ0n) is 12.2. The van der Waals surface area contributed by atoms with Crippen LogP contribution in [0.1, 0.15) is 53.4 Å². The molecule has 0 aromatic heterocycles. The van der Waals surface area contributed by atoms with Gasteiger partial charge in [-0.25, -0.2) is 0 Å². The van der Waals surface area contributed by atoms with Gasteiger partial charge in [0.1, 0.15) is 0 Å². The summed E-state index contributed by atoms with van der Waals surface area (Å²) >= 11 is 6.60. The van der Waals surface area contributed by atoms with E-state index in [-0.39, 0.29) is 19.5 Å². The first-order chi connectivity index (χ1) is 7.91. The largest absolute Gasteiger partial charge is 0.337 e. The summed E-state index contributed by atoms with van der Waals surface area (Å²) < 4.78 is 5.52. The molecule has 0 aliphatic rings. The standard InChI is InChI=1S/C12H27O2PS2.Zn/c1-5-7-11(3)9-14-15(13,16)17-10-12(4)8-6-2;/h11-12H,5-10H2,1-4H3,(H,13,16);. The molecule has 0 heterocycles. The van der Waals surface area contributed by atoms with Gasteiger partial charge in [-0.15, -0.1) is 0 Å². The van der Waals surface area contributed by atoms with Crippen molar-refractivity contribution in [1.29, 1.82) is 0 Å². The fourth-order valence-electron chi connectivity index (χ4n) is 1.63. The quantitative estimate of drug-likeness (QED) is 0.445. The molecule has 0 saturated heterocycles. The summed E-state index contributed by atoms with van der Waals surface area (Å²) in [4.78, 5) is 10.0. The van der Waals surface area contributed by atoms with Crippen molar-refractivity contribution in [3.63, 3.8) is 0 Å². The Morgan fingerprint density at radius 1 is 1.17 bits per heavy atom. The average molecular weight is 364 g/mol. The number of hydrogen-bond donors (Lipinski definition) is 1. The maximum atomic E-state index is 10.0. The van der Waals surface area contributed by atoms with Gasteiger partial charge in [-0.1, -0.05) is 58.3 Å². The van der Waals surface area contributed by atoms with Crippen LogP contribution in [0.2, 0.25) is 0 Å². The van der Waals surface area contributed by atoms with E-state index in [9.17, 15) is 4.89 Å². The molecule has 0 amide bonds. The number of hydrogen-bond acceptors (Lipinski definition) is 3. The Hall–Kier alpha value is 1.54. The van der Waals surface area contributed by atoms with Crippen molar-refractivity contribution in [2.45, 2.75) is 53.4 Å². The van der Waals surface area contributed by atoms with Gasteiger partial charge in [0.05, 0.1) is 6.61 Å². The molecule has 0 saturated carbocycles. The molecule has 0 spiro atoms. The van der Waals surface area contributed by atoms with E-state index in [1.54, 1.807) is 0 Å². The minimum Gasteiger partial charge on any atom is -0.337 e. The zero-order chi connectivity index (χ0) is 13.3. The van der Waals surface area contributed by atoms with Crippen LogP contribution in [0.3, 0.4) is 0 Å². The van der Waals surface area contributed by atoms with Crippen LogP contribution in [0.25, 0.3) is 0 Å². The van der Waals surface area contributed by atoms with E-state index < -0.39 is 5.69 Å². The van der Waals surface area contributed by atoms with E-state index in [2.05, 4.69) is 27.7 Å². The van der Waals surface area contributed by atoms with Crippen LogP contribution in [-0.4, -0.2) is 17.3 Å². The molecule has 1 N–H and O–H groups in total. The van der Waals surface area contributed by atoms with Gasteiger partial charge < -0.3 is 9.42 Å². The van der Waals surface area contributed by atoms with Crippen LogP contribution in [0.15, 0.2) is 0 Å². The summed E-state index contributed by atoms with van der Waals surface area (Å²) in [5, 5.41) is 0. The van der Waals surface area contributed by atoms with E-state index in [4.69, 9.17) is 16.3 Å². The van der Waals surface area contributed by atoms with E-state index in [0.717, 1.165) is 18.6 Å². The molecule has 6 heteroatoms. The van der Waals surface area contributed by atoms with Crippen LogP contribution in [0.4, 0.5) is 0 Å². The van der Waals surface area contributed by atoms with E-state index in [1.807, 2.05) is 0 Å². The van der Waals surface area contributed by atoms with E-state index in [1.165, 1.54) is 24.2 Å². The summed E-state index contributed by atoms with van der Waals surface area (Å²) in [7, 11) is 0. The van der Waals surface area contributed by atoms with Crippen molar-refractivity contribution in [2.24, 2.45) is 11.8 Å². The molecule has 0 fully saturated rings. The third-order valence-corrected chi connectivity index (χ3v) is 7.13. The van der Waals surface area contributed by atoms with Crippen molar-refractivity contribution in [2.75, 3.05) is 12.4 Å². The summed E-state index contributed by atoms with van der Waals surface area (Å²) in [5.41, 5.74) is -2.60. The first kappa shape index (κ1) is 21.8. The monoisotopic (exact) mass is 362 g/mol. The first-order valence-corrected chi connectivity index (χ1v) is 10.8. The van der Waals surface area contributed by atoms with Gasteiger partial charge in [-0.05, 0) is 30.1 Å². The molecule has 0 aliphatic heterocycles. The Morgan fingerprint density at radius 2 is 1.67 bits per heavy atom.